The molecule has 18 heavy (non-hydrogen) atoms. The van der Waals surface area contributed by atoms with Crippen molar-refractivity contribution in [2.24, 2.45) is 0 Å². The smallest absolute Gasteiger partial charge is 0.0767 e. The van der Waals surface area contributed by atoms with Gasteiger partial charge >= 0.3 is 0 Å². The quantitative estimate of drug-likeness (QED) is 0.811. The minimum absolute atomic E-state index is 0.214. The molecular formula is C15H29NO2. The lowest BCUT2D eigenvalue weighted by Crippen LogP contribution is -2.57. The molecule has 1 unspecified atom stereocenters. The first-order valence-corrected chi connectivity index (χ1v) is 7.39. The number of aliphatic hydroxyl groups is 1. The van der Waals surface area contributed by atoms with Crippen LogP contribution in [0.15, 0.2) is 0 Å². The van der Waals surface area contributed by atoms with Crippen molar-refractivity contribution in [1.82, 2.24) is 5.32 Å². The summed E-state index contributed by atoms with van der Waals surface area (Å²) < 4.78 is 6.27. The molecule has 1 atom stereocenters. The van der Waals surface area contributed by atoms with E-state index in [9.17, 15) is 5.11 Å². The van der Waals surface area contributed by atoms with E-state index < -0.39 is 5.60 Å². The van der Waals surface area contributed by atoms with Crippen LogP contribution in [0.4, 0.5) is 0 Å². The molecule has 1 aliphatic heterocycles. The van der Waals surface area contributed by atoms with E-state index >= 15 is 0 Å². The molecule has 2 N–H and O–H groups in total. The maximum atomic E-state index is 10.1. The Labute approximate surface area is 111 Å². The molecule has 0 bridgehead atoms. The highest BCUT2D eigenvalue weighted by molar-refractivity contribution is 4.97. The number of hydrogen-bond donors (Lipinski definition) is 2. The zero-order valence-electron chi connectivity index (χ0n) is 12.4. The molecule has 0 aromatic carbocycles. The molecule has 3 nitrogen and oxygen atoms in total. The van der Waals surface area contributed by atoms with Gasteiger partial charge in [-0.15, -0.1) is 0 Å². The summed E-state index contributed by atoms with van der Waals surface area (Å²) in [5.41, 5.74) is -0.802. The van der Waals surface area contributed by atoms with Gasteiger partial charge in [-0.05, 0) is 53.4 Å². The van der Waals surface area contributed by atoms with Crippen LogP contribution in [-0.2, 0) is 4.74 Å². The van der Waals surface area contributed by atoms with Crippen LogP contribution in [0, 0.1) is 0 Å². The van der Waals surface area contributed by atoms with Crippen LogP contribution < -0.4 is 5.32 Å². The molecule has 0 aromatic rings. The molecule has 2 rings (SSSR count). The maximum Gasteiger partial charge on any atom is 0.0767 e. The normalized spacial score (nSPS) is 28.2. The summed E-state index contributed by atoms with van der Waals surface area (Å²) in [6.07, 6.45) is 7.86. The van der Waals surface area contributed by atoms with Crippen molar-refractivity contribution in [2.75, 3.05) is 6.54 Å². The molecule has 0 aromatic heterocycles. The van der Waals surface area contributed by atoms with Gasteiger partial charge in [-0.25, -0.2) is 0 Å². The predicted molar refractivity (Wildman–Crippen MR) is 73.7 cm³/mol. The second-order valence-electron chi connectivity index (χ2n) is 7.23. The Hall–Kier alpha value is -0.120. The summed E-state index contributed by atoms with van der Waals surface area (Å²) in [7, 11) is 0. The molecule has 1 heterocycles. The fourth-order valence-corrected chi connectivity index (χ4v) is 3.01. The first-order chi connectivity index (χ1) is 8.24. The van der Waals surface area contributed by atoms with Gasteiger partial charge in [0.2, 0.25) is 0 Å². The van der Waals surface area contributed by atoms with Gasteiger partial charge in [0.1, 0.15) is 0 Å². The lowest BCUT2D eigenvalue weighted by Gasteiger charge is -2.39. The Bertz CT molecular complexity index is 287. The highest BCUT2D eigenvalue weighted by Crippen LogP contribution is 2.43. The SMILES string of the molecule is CC(C)(O)C(C)(C)NCC1CCC2(CCCC2)O1. The van der Waals surface area contributed by atoms with Crippen molar-refractivity contribution in [3.05, 3.63) is 0 Å². The Morgan fingerprint density at radius 1 is 1.17 bits per heavy atom. The van der Waals surface area contributed by atoms with Crippen LogP contribution in [0.2, 0.25) is 0 Å². The molecule has 0 radical (unpaired) electrons. The standard InChI is InChI=1S/C15H29NO2/c1-13(2,14(3,4)17)16-11-12-7-10-15(18-12)8-5-6-9-15/h12,16-17H,5-11H2,1-4H3. The second kappa shape index (κ2) is 4.77. The van der Waals surface area contributed by atoms with Gasteiger partial charge in [-0.3, -0.25) is 0 Å². The van der Waals surface area contributed by atoms with E-state index in [4.69, 9.17) is 4.74 Å². The van der Waals surface area contributed by atoms with Crippen molar-refractivity contribution >= 4 is 0 Å². The minimum atomic E-state index is -0.726. The summed E-state index contributed by atoms with van der Waals surface area (Å²) >= 11 is 0. The first kappa shape index (κ1) is 14.3. The van der Waals surface area contributed by atoms with Crippen LogP contribution in [0.5, 0.6) is 0 Å². The van der Waals surface area contributed by atoms with Crippen LogP contribution in [-0.4, -0.2) is 34.5 Å². The van der Waals surface area contributed by atoms with E-state index in [1.165, 1.54) is 32.1 Å². The topological polar surface area (TPSA) is 41.5 Å². The fourth-order valence-electron chi connectivity index (χ4n) is 3.01. The summed E-state index contributed by atoms with van der Waals surface area (Å²) in [4.78, 5) is 0. The highest BCUT2D eigenvalue weighted by Gasteiger charge is 2.43. The van der Waals surface area contributed by atoms with Crippen LogP contribution in [0.3, 0.4) is 0 Å². The maximum absolute atomic E-state index is 10.1. The molecular weight excluding hydrogens is 226 g/mol. The second-order valence-corrected chi connectivity index (χ2v) is 7.23. The molecule has 0 amide bonds. The number of ether oxygens (including phenoxy) is 1. The van der Waals surface area contributed by atoms with Crippen molar-refractivity contribution in [2.45, 2.75) is 89.1 Å². The first-order valence-electron chi connectivity index (χ1n) is 7.39. The molecule has 2 fully saturated rings. The third-order valence-corrected chi connectivity index (χ3v) is 5.15. The molecule has 2 aliphatic rings. The van der Waals surface area contributed by atoms with Crippen molar-refractivity contribution in [1.29, 1.82) is 0 Å². The Kier molecular flexibility index (Phi) is 3.79. The minimum Gasteiger partial charge on any atom is -0.389 e. The molecule has 3 heteroatoms. The van der Waals surface area contributed by atoms with Gasteiger partial charge in [0.25, 0.3) is 0 Å². The summed E-state index contributed by atoms with van der Waals surface area (Å²) in [5.74, 6) is 0. The van der Waals surface area contributed by atoms with Crippen LogP contribution in [0.25, 0.3) is 0 Å². The lowest BCUT2D eigenvalue weighted by molar-refractivity contribution is -0.0480. The zero-order valence-corrected chi connectivity index (χ0v) is 12.4. The molecule has 1 spiro atoms. The van der Waals surface area contributed by atoms with Crippen molar-refractivity contribution in [3.8, 4) is 0 Å². The van der Waals surface area contributed by atoms with Gasteiger partial charge in [-0.1, -0.05) is 12.8 Å². The van der Waals surface area contributed by atoms with Crippen molar-refractivity contribution < 1.29 is 9.84 Å². The lowest BCUT2D eigenvalue weighted by atomic mass is 9.86. The highest BCUT2D eigenvalue weighted by atomic mass is 16.5. The summed E-state index contributed by atoms with van der Waals surface area (Å²) in [6, 6.07) is 0. The molecule has 106 valence electrons. The van der Waals surface area contributed by atoms with E-state index in [1.807, 2.05) is 27.7 Å². The van der Waals surface area contributed by atoms with Crippen molar-refractivity contribution in [3.63, 3.8) is 0 Å². The fraction of sp³-hybridized carbons (Fsp3) is 1.00. The molecule has 1 saturated heterocycles. The van der Waals surface area contributed by atoms with Gasteiger partial charge in [0.15, 0.2) is 0 Å². The Morgan fingerprint density at radius 3 is 2.33 bits per heavy atom. The van der Waals surface area contributed by atoms with Gasteiger partial charge < -0.3 is 15.2 Å². The van der Waals surface area contributed by atoms with Crippen LogP contribution >= 0.6 is 0 Å². The molecule has 1 aliphatic carbocycles. The van der Waals surface area contributed by atoms with E-state index in [2.05, 4.69) is 5.32 Å². The zero-order chi connectivity index (χ0) is 13.4. The largest absolute Gasteiger partial charge is 0.389 e. The Balaban J connectivity index is 1.82. The third-order valence-electron chi connectivity index (χ3n) is 5.15. The van der Waals surface area contributed by atoms with E-state index in [0.29, 0.717) is 6.10 Å². The predicted octanol–water partition coefficient (Wildman–Crippen LogP) is 2.62. The third kappa shape index (κ3) is 2.89. The Morgan fingerprint density at radius 2 is 1.78 bits per heavy atom. The average molecular weight is 255 g/mol. The van der Waals surface area contributed by atoms with Gasteiger partial charge in [0.05, 0.1) is 17.3 Å². The van der Waals surface area contributed by atoms with Gasteiger partial charge in [-0.2, -0.15) is 0 Å². The summed E-state index contributed by atoms with van der Waals surface area (Å²) in [6.45, 7) is 8.65. The average Bonchev–Trinajstić information content (AvgIpc) is 2.86. The number of hydrogen-bond acceptors (Lipinski definition) is 3. The van der Waals surface area contributed by atoms with E-state index in [1.54, 1.807) is 0 Å². The summed E-state index contributed by atoms with van der Waals surface area (Å²) in [5, 5.41) is 13.6. The van der Waals surface area contributed by atoms with Crippen LogP contribution in [0.1, 0.15) is 66.2 Å². The monoisotopic (exact) mass is 255 g/mol. The number of nitrogens with one attached hydrogen (secondary N) is 1. The molecule has 1 saturated carbocycles. The van der Waals surface area contributed by atoms with E-state index in [-0.39, 0.29) is 11.1 Å². The van der Waals surface area contributed by atoms with E-state index in [0.717, 1.165) is 13.0 Å². The van der Waals surface area contributed by atoms with Gasteiger partial charge in [0, 0.05) is 12.1 Å². The number of rotatable bonds is 4.